The van der Waals surface area contributed by atoms with Crippen LogP contribution in [-0.2, 0) is 12.0 Å². The molecule has 2 fully saturated rings. The molecule has 6 nitrogen and oxygen atoms in total. The van der Waals surface area contributed by atoms with Gasteiger partial charge in [0.05, 0.1) is 20.3 Å². The van der Waals surface area contributed by atoms with Crippen LogP contribution in [0.15, 0.2) is 72.8 Å². The average molecular weight is 515 g/mol. The van der Waals surface area contributed by atoms with Crippen molar-refractivity contribution in [3.8, 4) is 11.5 Å². The van der Waals surface area contributed by atoms with Crippen LogP contribution >= 0.6 is 0 Å². The number of carbonyl (C=O) groups is 1. The SMILES string of the molecule is COc1ccc(C2(c3ccc(OC)cc3)CCCN(Cc3cccc(C(=O)N4CCCC(O)C4)c3)C2)cc1. The summed E-state index contributed by atoms with van der Waals surface area (Å²) in [6, 6.07) is 25.0. The van der Waals surface area contributed by atoms with Gasteiger partial charge in [0.25, 0.3) is 5.91 Å². The molecule has 1 unspecified atom stereocenters. The van der Waals surface area contributed by atoms with Crippen LogP contribution in [0.4, 0.5) is 0 Å². The summed E-state index contributed by atoms with van der Waals surface area (Å²) in [5.74, 6) is 1.72. The number of aliphatic hydroxyl groups excluding tert-OH is 1. The molecule has 1 amide bonds. The molecule has 0 aliphatic carbocycles. The van der Waals surface area contributed by atoms with Gasteiger partial charge in [-0.3, -0.25) is 9.69 Å². The van der Waals surface area contributed by atoms with Crippen LogP contribution in [-0.4, -0.2) is 67.3 Å². The molecule has 5 rings (SSSR count). The first-order valence-corrected chi connectivity index (χ1v) is 13.6. The Kier molecular flexibility index (Phi) is 8.01. The molecule has 38 heavy (non-hydrogen) atoms. The maximum atomic E-state index is 13.1. The van der Waals surface area contributed by atoms with Gasteiger partial charge in [0.15, 0.2) is 0 Å². The molecular weight excluding hydrogens is 476 g/mol. The van der Waals surface area contributed by atoms with Crippen molar-refractivity contribution in [1.82, 2.24) is 9.80 Å². The van der Waals surface area contributed by atoms with E-state index in [2.05, 4.69) is 35.2 Å². The second kappa shape index (κ2) is 11.6. The summed E-state index contributed by atoms with van der Waals surface area (Å²) in [6.45, 7) is 3.78. The van der Waals surface area contributed by atoms with Crippen LogP contribution in [0, 0.1) is 0 Å². The molecule has 2 aliphatic rings. The summed E-state index contributed by atoms with van der Waals surface area (Å²) in [5.41, 5.74) is 4.23. The van der Waals surface area contributed by atoms with E-state index in [9.17, 15) is 9.90 Å². The molecular formula is C32H38N2O4. The molecule has 1 N–H and O–H groups in total. The summed E-state index contributed by atoms with van der Waals surface area (Å²) in [5, 5.41) is 10.0. The molecule has 3 aromatic rings. The van der Waals surface area contributed by atoms with Gasteiger partial charge in [-0.1, -0.05) is 36.4 Å². The van der Waals surface area contributed by atoms with Crippen molar-refractivity contribution < 1.29 is 19.4 Å². The lowest BCUT2D eigenvalue weighted by Crippen LogP contribution is -2.46. The number of β-amino-alcohol motifs (C(OH)–C–C–N with tert-alkyl or cyclic N) is 1. The summed E-state index contributed by atoms with van der Waals surface area (Å²) >= 11 is 0. The third kappa shape index (κ3) is 5.57. The van der Waals surface area contributed by atoms with Gasteiger partial charge in [0, 0.05) is 37.2 Å². The van der Waals surface area contributed by atoms with E-state index in [0.29, 0.717) is 18.7 Å². The summed E-state index contributed by atoms with van der Waals surface area (Å²) in [6.07, 6.45) is 3.32. The second-order valence-electron chi connectivity index (χ2n) is 10.6. The fourth-order valence-electron chi connectivity index (χ4n) is 6.12. The van der Waals surface area contributed by atoms with E-state index in [4.69, 9.17) is 9.47 Å². The zero-order valence-electron chi connectivity index (χ0n) is 22.4. The van der Waals surface area contributed by atoms with Crippen molar-refractivity contribution in [1.29, 1.82) is 0 Å². The van der Waals surface area contributed by atoms with Gasteiger partial charge < -0.3 is 19.5 Å². The monoisotopic (exact) mass is 514 g/mol. The summed E-state index contributed by atoms with van der Waals surface area (Å²) in [4.78, 5) is 17.4. The fourth-order valence-corrected chi connectivity index (χ4v) is 6.12. The minimum absolute atomic E-state index is 0.00931. The van der Waals surface area contributed by atoms with Crippen LogP contribution in [0.3, 0.4) is 0 Å². The number of benzene rings is 3. The van der Waals surface area contributed by atoms with Gasteiger partial charge in [0.1, 0.15) is 11.5 Å². The Morgan fingerprint density at radius 2 is 1.58 bits per heavy atom. The van der Waals surface area contributed by atoms with Gasteiger partial charge in [-0.2, -0.15) is 0 Å². The fraction of sp³-hybridized carbons (Fsp3) is 0.406. The van der Waals surface area contributed by atoms with Crippen molar-refractivity contribution in [2.75, 3.05) is 40.4 Å². The lowest BCUT2D eigenvalue weighted by molar-refractivity contribution is 0.0473. The maximum Gasteiger partial charge on any atom is 0.253 e. The molecule has 0 saturated carbocycles. The quantitative estimate of drug-likeness (QED) is 0.487. The molecule has 0 radical (unpaired) electrons. The molecule has 0 aromatic heterocycles. The number of ether oxygens (including phenoxy) is 2. The number of nitrogens with zero attached hydrogens (tertiary/aromatic N) is 2. The Morgan fingerprint density at radius 3 is 2.18 bits per heavy atom. The van der Waals surface area contributed by atoms with E-state index in [1.807, 2.05) is 42.5 Å². The molecule has 2 saturated heterocycles. The molecule has 2 aliphatic heterocycles. The number of piperidine rings is 2. The van der Waals surface area contributed by atoms with E-state index < -0.39 is 6.10 Å². The van der Waals surface area contributed by atoms with E-state index in [0.717, 1.165) is 62.4 Å². The number of amides is 1. The van der Waals surface area contributed by atoms with Gasteiger partial charge in [0.2, 0.25) is 0 Å². The topological polar surface area (TPSA) is 62.2 Å². The van der Waals surface area contributed by atoms with Gasteiger partial charge in [-0.25, -0.2) is 0 Å². The number of carbonyl (C=O) groups excluding carboxylic acids is 1. The zero-order chi connectivity index (χ0) is 26.5. The number of likely N-dealkylation sites (tertiary alicyclic amines) is 2. The predicted octanol–water partition coefficient (Wildman–Crippen LogP) is 4.88. The van der Waals surface area contributed by atoms with Gasteiger partial charge in [-0.05, 0) is 85.3 Å². The second-order valence-corrected chi connectivity index (χ2v) is 10.6. The Morgan fingerprint density at radius 1 is 0.921 bits per heavy atom. The molecule has 1 atom stereocenters. The molecule has 2 heterocycles. The largest absolute Gasteiger partial charge is 0.497 e. The van der Waals surface area contributed by atoms with Crippen molar-refractivity contribution >= 4 is 5.91 Å². The third-order valence-corrected chi connectivity index (χ3v) is 8.12. The summed E-state index contributed by atoms with van der Waals surface area (Å²) < 4.78 is 10.9. The smallest absolute Gasteiger partial charge is 0.253 e. The highest BCUT2D eigenvalue weighted by Gasteiger charge is 2.39. The number of methoxy groups -OCH3 is 2. The van der Waals surface area contributed by atoms with Crippen molar-refractivity contribution in [3.63, 3.8) is 0 Å². The standard InChI is InChI=1S/C32H38N2O4/c1-37-29-13-9-26(10-14-29)32(27-11-15-30(38-2)16-12-27)17-5-18-33(23-32)21-24-6-3-7-25(20-24)31(36)34-19-4-8-28(35)22-34/h3,6-7,9-16,20,28,35H,4-5,8,17-19,21-23H2,1-2H3. The molecule has 3 aromatic carbocycles. The Labute approximate surface area is 225 Å². The Bertz CT molecular complexity index is 1180. The van der Waals surface area contributed by atoms with Gasteiger partial charge >= 0.3 is 0 Å². The minimum Gasteiger partial charge on any atom is -0.497 e. The molecule has 6 heteroatoms. The average Bonchev–Trinajstić information content (AvgIpc) is 2.97. The molecule has 0 bridgehead atoms. The van der Waals surface area contributed by atoms with Crippen molar-refractivity contribution in [2.45, 2.75) is 43.7 Å². The first kappa shape index (κ1) is 26.3. The zero-order valence-corrected chi connectivity index (χ0v) is 22.4. The van der Waals surface area contributed by atoms with E-state index in [1.165, 1.54) is 11.1 Å². The molecule has 0 spiro atoms. The number of aliphatic hydroxyl groups is 1. The van der Waals surface area contributed by atoms with Crippen molar-refractivity contribution in [2.24, 2.45) is 0 Å². The van der Waals surface area contributed by atoms with E-state index in [1.54, 1.807) is 19.1 Å². The first-order valence-electron chi connectivity index (χ1n) is 13.6. The lowest BCUT2D eigenvalue weighted by Gasteiger charge is -2.44. The van der Waals surface area contributed by atoms with Crippen LogP contribution in [0.25, 0.3) is 0 Å². The van der Waals surface area contributed by atoms with Crippen LogP contribution in [0.5, 0.6) is 11.5 Å². The van der Waals surface area contributed by atoms with Crippen molar-refractivity contribution in [3.05, 3.63) is 95.1 Å². The normalized spacial score (nSPS) is 19.7. The number of hydrogen-bond acceptors (Lipinski definition) is 5. The van der Waals surface area contributed by atoms with Crippen LogP contribution < -0.4 is 9.47 Å². The Hall–Kier alpha value is -3.35. The van der Waals surface area contributed by atoms with Crippen LogP contribution in [0.2, 0.25) is 0 Å². The number of hydrogen-bond donors (Lipinski definition) is 1. The number of rotatable bonds is 7. The van der Waals surface area contributed by atoms with E-state index in [-0.39, 0.29) is 11.3 Å². The van der Waals surface area contributed by atoms with E-state index >= 15 is 0 Å². The third-order valence-electron chi connectivity index (χ3n) is 8.12. The highest BCUT2D eigenvalue weighted by atomic mass is 16.5. The highest BCUT2D eigenvalue weighted by molar-refractivity contribution is 5.94. The lowest BCUT2D eigenvalue weighted by atomic mass is 9.69. The molecule has 200 valence electrons. The minimum atomic E-state index is -0.423. The Balaban J connectivity index is 1.40. The van der Waals surface area contributed by atoms with Crippen LogP contribution in [0.1, 0.15) is 52.7 Å². The maximum absolute atomic E-state index is 13.1. The van der Waals surface area contributed by atoms with Gasteiger partial charge in [-0.15, -0.1) is 0 Å². The predicted molar refractivity (Wildman–Crippen MR) is 149 cm³/mol. The first-order chi connectivity index (χ1) is 18.5. The summed E-state index contributed by atoms with van der Waals surface area (Å²) in [7, 11) is 3.39. The highest BCUT2D eigenvalue weighted by Crippen LogP contribution is 2.42.